The number of ether oxygens (including phenoxy) is 1. The van der Waals surface area contributed by atoms with E-state index in [0.717, 1.165) is 31.0 Å². The lowest BCUT2D eigenvalue weighted by Crippen LogP contribution is -2.35. The number of hydrogen-bond acceptors (Lipinski definition) is 2. The zero-order valence-corrected chi connectivity index (χ0v) is 12.2. The Balaban J connectivity index is 1.97. The van der Waals surface area contributed by atoms with Gasteiger partial charge in [0.15, 0.2) is 0 Å². The molecule has 0 aromatic rings. The third-order valence-corrected chi connectivity index (χ3v) is 3.76. The molecule has 1 aliphatic carbocycles. The summed E-state index contributed by atoms with van der Waals surface area (Å²) in [6.07, 6.45) is 7.06. The summed E-state index contributed by atoms with van der Waals surface area (Å²) in [7, 11) is 0. The standard InChI is InChI=1S/C15H31NO/c1-12(2)11-14(4)17-10-9-16-15-7-5-13(3)6-8-15/h12-16H,5-11H2,1-4H3. The Bertz CT molecular complexity index is 185. The average molecular weight is 241 g/mol. The van der Waals surface area contributed by atoms with Gasteiger partial charge in [0.05, 0.1) is 12.7 Å². The van der Waals surface area contributed by atoms with E-state index in [9.17, 15) is 0 Å². The van der Waals surface area contributed by atoms with Gasteiger partial charge < -0.3 is 10.1 Å². The summed E-state index contributed by atoms with van der Waals surface area (Å²) in [5, 5.41) is 3.63. The van der Waals surface area contributed by atoms with Gasteiger partial charge in [-0.05, 0) is 50.9 Å². The lowest BCUT2D eigenvalue weighted by atomic mass is 9.87. The fraction of sp³-hybridized carbons (Fsp3) is 1.00. The third-order valence-electron chi connectivity index (χ3n) is 3.76. The Labute approximate surface area is 108 Å². The lowest BCUT2D eigenvalue weighted by Gasteiger charge is -2.27. The summed E-state index contributed by atoms with van der Waals surface area (Å²) in [4.78, 5) is 0. The van der Waals surface area contributed by atoms with Gasteiger partial charge >= 0.3 is 0 Å². The Kier molecular flexibility index (Phi) is 7.14. The molecule has 0 spiro atoms. The molecule has 1 saturated carbocycles. The second-order valence-corrected chi connectivity index (χ2v) is 6.22. The smallest absolute Gasteiger partial charge is 0.0594 e. The van der Waals surface area contributed by atoms with E-state index in [1.165, 1.54) is 32.1 Å². The predicted molar refractivity (Wildman–Crippen MR) is 74.3 cm³/mol. The van der Waals surface area contributed by atoms with E-state index in [0.29, 0.717) is 6.10 Å². The molecule has 1 fully saturated rings. The highest BCUT2D eigenvalue weighted by Gasteiger charge is 2.17. The van der Waals surface area contributed by atoms with Crippen molar-refractivity contribution < 1.29 is 4.74 Å². The van der Waals surface area contributed by atoms with E-state index in [2.05, 4.69) is 33.0 Å². The van der Waals surface area contributed by atoms with Crippen LogP contribution in [0.15, 0.2) is 0 Å². The highest BCUT2D eigenvalue weighted by Crippen LogP contribution is 2.23. The number of rotatable bonds is 7. The van der Waals surface area contributed by atoms with Crippen LogP contribution >= 0.6 is 0 Å². The Morgan fingerprint density at radius 1 is 1.12 bits per heavy atom. The van der Waals surface area contributed by atoms with Crippen LogP contribution in [0.25, 0.3) is 0 Å². The first-order valence-corrected chi connectivity index (χ1v) is 7.43. The van der Waals surface area contributed by atoms with Gasteiger partial charge in [0.2, 0.25) is 0 Å². The van der Waals surface area contributed by atoms with Gasteiger partial charge in [-0.1, -0.05) is 20.8 Å². The minimum Gasteiger partial charge on any atom is -0.377 e. The minimum atomic E-state index is 0.406. The zero-order valence-electron chi connectivity index (χ0n) is 12.2. The largest absolute Gasteiger partial charge is 0.377 e. The normalized spacial score (nSPS) is 27.4. The van der Waals surface area contributed by atoms with Crippen LogP contribution in [0.2, 0.25) is 0 Å². The molecule has 2 nitrogen and oxygen atoms in total. The Morgan fingerprint density at radius 2 is 1.76 bits per heavy atom. The monoisotopic (exact) mass is 241 g/mol. The van der Waals surface area contributed by atoms with E-state index in [4.69, 9.17) is 4.74 Å². The van der Waals surface area contributed by atoms with E-state index < -0.39 is 0 Å². The van der Waals surface area contributed by atoms with Gasteiger partial charge in [-0.3, -0.25) is 0 Å². The molecule has 0 bridgehead atoms. The van der Waals surface area contributed by atoms with Crippen LogP contribution < -0.4 is 5.32 Å². The predicted octanol–water partition coefficient (Wildman–Crippen LogP) is 3.61. The highest BCUT2D eigenvalue weighted by atomic mass is 16.5. The lowest BCUT2D eigenvalue weighted by molar-refractivity contribution is 0.0519. The molecule has 0 amide bonds. The Morgan fingerprint density at radius 3 is 2.35 bits per heavy atom. The molecule has 0 saturated heterocycles. The maximum absolute atomic E-state index is 5.80. The van der Waals surface area contributed by atoms with Crippen molar-refractivity contribution in [3.63, 3.8) is 0 Å². The molecule has 0 aromatic carbocycles. The topological polar surface area (TPSA) is 21.3 Å². The molecule has 0 aromatic heterocycles. The van der Waals surface area contributed by atoms with Crippen LogP contribution in [-0.2, 0) is 4.74 Å². The highest BCUT2D eigenvalue weighted by molar-refractivity contribution is 4.74. The van der Waals surface area contributed by atoms with Gasteiger partial charge in [-0.2, -0.15) is 0 Å². The van der Waals surface area contributed by atoms with Crippen molar-refractivity contribution in [3.05, 3.63) is 0 Å². The molecule has 2 heteroatoms. The summed E-state index contributed by atoms with van der Waals surface area (Å²) in [6, 6.07) is 0.746. The van der Waals surface area contributed by atoms with Crippen LogP contribution in [0.5, 0.6) is 0 Å². The van der Waals surface area contributed by atoms with Gasteiger partial charge in [0, 0.05) is 12.6 Å². The Hall–Kier alpha value is -0.0800. The molecule has 0 radical (unpaired) electrons. The van der Waals surface area contributed by atoms with Gasteiger partial charge in [0.25, 0.3) is 0 Å². The summed E-state index contributed by atoms with van der Waals surface area (Å²) in [5.41, 5.74) is 0. The molecular formula is C15H31NO. The van der Waals surface area contributed by atoms with Crippen LogP contribution in [0.4, 0.5) is 0 Å². The van der Waals surface area contributed by atoms with Gasteiger partial charge in [-0.15, -0.1) is 0 Å². The summed E-state index contributed by atoms with van der Waals surface area (Å²) in [5.74, 6) is 1.67. The molecule has 1 atom stereocenters. The van der Waals surface area contributed by atoms with Crippen molar-refractivity contribution in [2.45, 2.75) is 71.9 Å². The quantitative estimate of drug-likeness (QED) is 0.688. The second-order valence-electron chi connectivity index (χ2n) is 6.22. The van der Waals surface area contributed by atoms with Crippen molar-refractivity contribution >= 4 is 0 Å². The first kappa shape index (κ1) is 15.0. The van der Waals surface area contributed by atoms with Crippen molar-refractivity contribution in [3.8, 4) is 0 Å². The first-order valence-electron chi connectivity index (χ1n) is 7.43. The van der Waals surface area contributed by atoms with Crippen molar-refractivity contribution in [2.24, 2.45) is 11.8 Å². The van der Waals surface area contributed by atoms with Gasteiger partial charge in [-0.25, -0.2) is 0 Å². The molecular weight excluding hydrogens is 210 g/mol. The van der Waals surface area contributed by atoms with E-state index in [1.807, 2.05) is 0 Å². The number of nitrogens with one attached hydrogen (secondary N) is 1. The maximum Gasteiger partial charge on any atom is 0.0594 e. The van der Waals surface area contributed by atoms with Crippen LogP contribution in [0, 0.1) is 11.8 Å². The summed E-state index contributed by atoms with van der Waals surface area (Å²) in [6.45, 7) is 10.9. The fourth-order valence-corrected chi connectivity index (χ4v) is 2.72. The minimum absolute atomic E-state index is 0.406. The van der Waals surface area contributed by atoms with Crippen molar-refractivity contribution in [1.29, 1.82) is 0 Å². The summed E-state index contributed by atoms with van der Waals surface area (Å²) < 4.78 is 5.80. The summed E-state index contributed by atoms with van der Waals surface area (Å²) >= 11 is 0. The molecule has 1 aliphatic rings. The van der Waals surface area contributed by atoms with E-state index >= 15 is 0 Å². The molecule has 1 rings (SSSR count). The third kappa shape index (κ3) is 7.05. The zero-order chi connectivity index (χ0) is 12.7. The number of hydrogen-bond donors (Lipinski definition) is 1. The van der Waals surface area contributed by atoms with E-state index in [-0.39, 0.29) is 0 Å². The molecule has 102 valence electrons. The van der Waals surface area contributed by atoms with Crippen LogP contribution in [0.3, 0.4) is 0 Å². The van der Waals surface area contributed by atoms with Crippen LogP contribution in [0.1, 0.15) is 59.8 Å². The fourth-order valence-electron chi connectivity index (χ4n) is 2.72. The SMILES string of the molecule is CC(C)CC(C)OCCNC1CCC(C)CC1. The first-order chi connectivity index (χ1) is 8.08. The molecule has 17 heavy (non-hydrogen) atoms. The van der Waals surface area contributed by atoms with Gasteiger partial charge in [0.1, 0.15) is 0 Å². The van der Waals surface area contributed by atoms with Crippen molar-refractivity contribution in [2.75, 3.05) is 13.2 Å². The van der Waals surface area contributed by atoms with Crippen LogP contribution in [-0.4, -0.2) is 25.3 Å². The molecule has 1 N–H and O–H groups in total. The van der Waals surface area contributed by atoms with E-state index in [1.54, 1.807) is 0 Å². The molecule has 1 unspecified atom stereocenters. The molecule has 0 heterocycles. The van der Waals surface area contributed by atoms with Crippen molar-refractivity contribution in [1.82, 2.24) is 5.32 Å². The maximum atomic E-state index is 5.80. The molecule has 0 aliphatic heterocycles. The second kappa shape index (κ2) is 8.10. The average Bonchev–Trinajstić information content (AvgIpc) is 2.26.